The van der Waals surface area contributed by atoms with Crippen LogP contribution in [0.15, 0.2) is 28.0 Å². The van der Waals surface area contributed by atoms with Crippen LogP contribution in [-0.2, 0) is 13.0 Å². The molecule has 0 bridgehead atoms. The minimum Gasteiger partial charge on any atom is -0.364 e. The van der Waals surface area contributed by atoms with Gasteiger partial charge in [0, 0.05) is 36.7 Å². The summed E-state index contributed by atoms with van der Waals surface area (Å²) in [6.07, 6.45) is 4.35. The average molecular weight is 293 g/mol. The highest BCUT2D eigenvalue weighted by Gasteiger charge is 2.01. The van der Waals surface area contributed by atoms with Gasteiger partial charge in [-0.15, -0.1) is 11.3 Å². The Labute approximate surface area is 122 Å². The Morgan fingerprint density at radius 1 is 1.45 bits per heavy atom. The Morgan fingerprint density at radius 3 is 3.00 bits per heavy atom. The number of nitrogens with one attached hydrogen (secondary N) is 2. The Hall–Kier alpha value is -1.89. The number of nitrogens with zero attached hydrogens (tertiary/aromatic N) is 3. The second-order valence-electron chi connectivity index (χ2n) is 4.23. The molecule has 7 heteroatoms. The third-order valence-corrected chi connectivity index (χ3v) is 3.51. The molecule has 0 radical (unpaired) electrons. The smallest absolute Gasteiger partial charge is 0.191 e. The Morgan fingerprint density at radius 2 is 2.35 bits per heavy atom. The van der Waals surface area contributed by atoms with Crippen LogP contribution >= 0.6 is 11.3 Å². The summed E-state index contributed by atoms with van der Waals surface area (Å²) in [6, 6.07) is 1.81. The minimum absolute atomic E-state index is 0.502. The first-order valence-electron chi connectivity index (χ1n) is 6.60. The quantitative estimate of drug-likeness (QED) is 0.627. The monoisotopic (exact) mass is 293 g/mol. The van der Waals surface area contributed by atoms with Crippen molar-refractivity contribution < 1.29 is 4.52 Å². The molecule has 2 aromatic heterocycles. The zero-order valence-electron chi connectivity index (χ0n) is 11.7. The van der Waals surface area contributed by atoms with Gasteiger partial charge in [-0.25, -0.2) is 9.98 Å². The fourth-order valence-electron chi connectivity index (χ4n) is 1.63. The lowest BCUT2D eigenvalue weighted by atomic mass is 10.4. The van der Waals surface area contributed by atoms with Crippen molar-refractivity contribution in [2.24, 2.45) is 4.99 Å². The van der Waals surface area contributed by atoms with Crippen molar-refractivity contribution in [2.75, 3.05) is 13.1 Å². The molecule has 0 saturated carbocycles. The zero-order valence-corrected chi connectivity index (χ0v) is 12.5. The van der Waals surface area contributed by atoms with Crippen molar-refractivity contribution in [1.82, 2.24) is 20.8 Å². The first kappa shape index (κ1) is 14.5. The molecule has 0 spiro atoms. The van der Waals surface area contributed by atoms with E-state index in [1.54, 1.807) is 17.6 Å². The molecule has 108 valence electrons. The largest absolute Gasteiger partial charge is 0.364 e. The maximum absolute atomic E-state index is 4.78. The van der Waals surface area contributed by atoms with Crippen LogP contribution in [0.2, 0.25) is 0 Å². The van der Waals surface area contributed by atoms with E-state index < -0.39 is 0 Å². The van der Waals surface area contributed by atoms with Gasteiger partial charge in [-0.1, -0.05) is 5.16 Å². The van der Waals surface area contributed by atoms with Crippen LogP contribution in [0.5, 0.6) is 0 Å². The number of guanidine groups is 1. The molecule has 0 atom stereocenters. The normalized spacial score (nSPS) is 11.6. The Bertz CT molecular complexity index is 535. The standard InChI is InChI=1S/C13H19N5OS/c1-3-14-13(17-9-11-5-7-19-18-11)15-6-4-12-16-8-10(2)20-12/h5,7-8H,3-4,6,9H2,1-2H3,(H2,14,15,17). The third-order valence-electron chi connectivity index (χ3n) is 2.54. The number of hydrogen-bond acceptors (Lipinski definition) is 5. The predicted molar refractivity (Wildman–Crippen MR) is 79.9 cm³/mol. The zero-order chi connectivity index (χ0) is 14.2. The maximum atomic E-state index is 4.78. The van der Waals surface area contributed by atoms with E-state index in [2.05, 4.69) is 32.7 Å². The number of hydrogen-bond donors (Lipinski definition) is 2. The molecular weight excluding hydrogens is 274 g/mol. The topological polar surface area (TPSA) is 75.3 Å². The Balaban J connectivity index is 1.80. The van der Waals surface area contributed by atoms with Crippen molar-refractivity contribution in [3.8, 4) is 0 Å². The van der Waals surface area contributed by atoms with Crippen molar-refractivity contribution in [3.05, 3.63) is 34.1 Å². The molecule has 0 aromatic carbocycles. The highest BCUT2D eigenvalue weighted by molar-refractivity contribution is 7.11. The van der Waals surface area contributed by atoms with Crippen LogP contribution in [0.1, 0.15) is 22.5 Å². The molecule has 20 heavy (non-hydrogen) atoms. The van der Waals surface area contributed by atoms with Crippen molar-refractivity contribution in [2.45, 2.75) is 26.8 Å². The molecule has 2 rings (SSSR count). The van der Waals surface area contributed by atoms with Gasteiger partial charge in [-0.3, -0.25) is 0 Å². The van der Waals surface area contributed by atoms with Gasteiger partial charge >= 0.3 is 0 Å². The number of aliphatic imine (C=N–C) groups is 1. The summed E-state index contributed by atoms with van der Waals surface area (Å²) >= 11 is 1.73. The summed E-state index contributed by atoms with van der Waals surface area (Å²) in [4.78, 5) is 10.0. The molecule has 0 amide bonds. The molecule has 2 aromatic rings. The molecule has 0 fully saturated rings. The predicted octanol–water partition coefficient (Wildman–Crippen LogP) is 1.74. The SMILES string of the molecule is CCNC(=NCc1ccon1)NCCc1ncc(C)s1. The van der Waals surface area contributed by atoms with E-state index in [1.165, 1.54) is 4.88 Å². The van der Waals surface area contributed by atoms with Gasteiger partial charge in [-0.05, 0) is 13.8 Å². The maximum Gasteiger partial charge on any atom is 0.191 e. The molecule has 0 unspecified atom stereocenters. The van der Waals surface area contributed by atoms with Crippen LogP contribution in [0.3, 0.4) is 0 Å². The summed E-state index contributed by atoms with van der Waals surface area (Å²) in [5.74, 6) is 0.781. The second kappa shape index (κ2) is 7.64. The summed E-state index contributed by atoms with van der Waals surface area (Å²) in [6.45, 7) is 6.23. The lowest BCUT2D eigenvalue weighted by Crippen LogP contribution is -2.38. The average Bonchev–Trinajstić information content (AvgIpc) is 3.08. The summed E-state index contributed by atoms with van der Waals surface area (Å²) in [5.41, 5.74) is 0.817. The van der Waals surface area contributed by atoms with Gasteiger partial charge in [0.1, 0.15) is 12.0 Å². The lowest BCUT2D eigenvalue weighted by molar-refractivity contribution is 0.412. The van der Waals surface area contributed by atoms with E-state index in [-0.39, 0.29) is 0 Å². The summed E-state index contributed by atoms with van der Waals surface area (Å²) in [7, 11) is 0. The molecule has 0 aliphatic heterocycles. The van der Waals surface area contributed by atoms with Crippen LogP contribution in [0, 0.1) is 6.92 Å². The van der Waals surface area contributed by atoms with E-state index in [4.69, 9.17) is 4.52 Å². The van der Waals surface area contributed by atoms with Gasteiger partial charge in [-0.2, -0.15) is 0 Å². The van der Waals surface area contributed by atoms with E-state index in [0.29, 0.717) is 6.54 Å². The van der Waals surface area contributed by atoms with Crippen LogP contribution in [0.25, 0.3) is 0 Å². The highest BCUT2D eigenvalue weighted by Crippen LogP contribution is 2.10. The van der Waals surface area contributed by atoms with E-state index >= 15 is 0 Å². The first-order chi connectivity index (χ1) is 9.78. The molecule has 0 aliphatic rings. The minimum atomic E-state index is 0.502. The fraction of sp³-hybridized carbons (Fsp3) is 0.462. The lowest BCUT2D eigenvalue weighted by Gasteiger charge is -2.09. The van der Waals surface area contributed by atoms with E-state index in [0.717, 1.165) is 36.2 Å². The Kier molecular flexibility index (Phi) is 5.55. The highest BCUT2D eigenvalue weighted by atomic mass is 32.1. The van der Waals surface area contributed by atoms with Crippen molar-refractivity contribution in [3.63, 3.8) is 0 Å². The molecule has 2 N–H and O–H groups in total. The number of aryl methyl sites for hydroxylation is 1. The van der Waals surface area contributed by atoms with Gasteiger partial charge < -0.3 is 15.2 Å². The fourth-order valence-corrected chi connectivity index (χ4v) is 2.41. The van der Waals surface area contributed by atoms with Gasteiger partial charge in [0.05, 0.1) is 11.6 Å². The van der Waals surface area contributed by atoms with Gasteiger partial charge in [0.2, 0.25) is 0 Å². The third kappa shape index (κ3) is 4.65. The first-order valence-corrected chi connectivity index (χ1v) is 7.42. The number of aromatic nitrogens is 2. The van der Waals surface area contributed by atoms with Crippen LogP contribution in [0.4, 0.5) is 0 Å². The van der Waals surface area contributed by atoms with Crippen LogP contribution in [-0.4, -0.2) is 29.2 Å². The molecule has 0 aliphatic carbocycles. The number of rotatable bonds is 6. The van der Waals surface area contributed by atoms with E-state index in [9.17, 15) is 0 Å². The number of thiazole rings is 1. The summed E-state index contributed by atoms with van der Waals surface area (Å²) < 4.78 is 4.78. The molecular formula is C13H19N5OS. The summed E-state index contributed by atoms with van der Waals surface area (Å²) in [5, 5.41) is 11.5. The van der Waals surface area contributed by atoms with Crippen molar-refractivity contribution >= 4 is 17.3 Å². The second-order valence-corrected chi connectivity index (χ2v) is 5.55. The van der Waals surface area contributed by atoms with Crippen molar-refractivity contribution in [1.29, 1.82) is 0 Å². The molecule has 0 saturated heterocycles. The van der Waals surface area contributed by atoms with Gasteiger partial charge in [0.25, 0.3) is 0 Å². The van der Waals surface area contributed by atoms with E-state index in [1.807, 2.05) is 19.2 Å². The van der Waals surface area contributed by atoms with Crippen LogP contribution < -0.4 is 10.6 Å². The molecule has 2 heterocycles. The van der Waals surface area contributed by atoms with Gasteiger partial charge in [0.15, 0.2) is 5.96 Å². The molecule has 6 nitrogen and oxygen atoms in total.